The molecule has 3 N–H and O–H groups in total. The Balaban J connectivity index is 2.08. The molecule has 1 aromatic carbocycles. The van der Waals surface area contributed by atoms with E-state index in [0.29, 0.717) is 10.6 Å². The van der Waals surface area contributed by atoms with E-state index in [4.69, 9.17) is 5.14 Å². The molecule has 7 nitrogen and oxygen atoms in total. The highest BCUT2D eigenvalue weighted by Crippen LogP contribution is 2.12. The monoisotopic (exact) mass is 341 g/mol. The number of nitrogens with two attached hydrogens (primary N) is 1. The first-order valence-corrected chi connectivity index (χ1v) is 8.63. The summed E-state index contributed by atoms with van der Waals surface area (Å²) in [7, 11) is -2.12. The molecule has 0 aliphatic carbocycles. The van der Waals surface area contributed by atoms with Crippen LogP contribution in [-0.4, -0.2) is 18.9 Å². The van der Waals surface area contributed by atoms with Gasteiger partial charge in [-0.3, -0.25) is 9.59 Å². The third-order valence-electron chi connectivity index (χ3n) is 3.21. The van der Waals surface area contributed by atoms with E-state index in [1.165, 1.54) is 16.7 Å². The lowest BCUT2D eigenvalue weighted by molar-refractivity contribution is 0.0954. The second-order valence-electron chi connectivity index (χ2n) is 4.71. The number of nitrogens with zero attached hydrogens (tertiary/aromatic N) is 1. The summed E-state index contributed by atoms with van der Waals surface area (Å²) in [5, 5.41) is 7.70. The van der Waals surface area contributed by atoms with Crippen molar-refractivity contribution in [2.45, 2.75) is 18.4 Å². The van der Waals surface area contributed by atoms with E-state index < -0.39 is 10.0 Å². The van der Waals surface area contributed by atoms with Crippen molar-refractivity contribution in [2.24, 2.45) is 12.2 Å². The van der Waals surface area contributed by atoms with Crippen LogP contribution in [0.15, 0.2) is 34.0 Å². The first-order valence-electron chi connectivity index (χ1n) is 6.26. The second-order valence-corrected chi connectivity index (χ2v) is 7.24. The van der Waals surface area contributed by atoms with Crippen LogP contribution in [0.25, 0.3) is 0 Å². The summed E-state index contributed by atoms with van der Waals surface area (Å²) in [6.07, 6.45) is 0. The van der Waals surface area contributed by atoms with Gasteiger partial charge in [-0.15, -0.1) is 0 Å². The van der Waals surface area contributed by atoms with E-state index in [9.17, 15) is 18.0 Å². The van der Waals surface area contributed by atoms with Crippen LogP contribution >= 0.6 is 11.3 Å². The molecule has 0 unspecified atom stereocenters. The van der Waals surface area contributed by atoms with Crippen LogP contribution in [0.1, 0.15) is 20.9 Å². The maximum absolute atomic E-state index is 12.1. The average Bonchev–Trinajstić information content (AvgIpc) is 2.72. The summed E-state index contributed by atoms with van der Waals surface area (Å²) in [6.45, 7) is 1.92. The van der Waals surface area contributed by atoms with Gasteiger partial charge in [0.1, 0.15) is 4.88 Å². The zero-order valence-corrected chi connectivity index (χ0v) is 13.6. The van der Waals surface area contributed by atoms with Gasteiger partial charge in [0.25, 0.3) is 5.91 Å². The highest BCUT2D eigenvalue weighted by atomic mass is 32.2. The first kappa shape index (κ1) is 16.4. The van der Waals surface area contributed by atoms with Crippen LogP contribution in [0.2, 0.25) is 0 Å². The summed E-state index contributed by atoms with van der Waals surface area (Å²) in [5.41, 5.74) is 1.33. The van der Waals surface area contributed by atoms with E-state index in [0.717, 1.165) is 16.9 Å². The molecule has 2 rings (SSSR count). The summed E-state index contributed by atoms with van der Waals surface area (Å²) < 4.78 is 23.7. The van der Waals surface area contributed by atoms with Crippen LogP contribution in [0.5, 0.6) is 0 Å². The van der Waals surface area contributed by atoms with Crippen molar-refractivity contribution < 1.29 is 13.2 Å². The summed E-state index contributed by atoms with van der Waals surface area (Å²) >= 11 is 0.890. The molecule has 0 saturated carbocycles. The van der Waals surface area contributed by atoms with E-state index in [1.807, 2.05) is 0 Å². The molecule has 0 atom stereocenters. The first-order chi connectivity index (χ1) is 10.2. The largest absolute Gasteiger partial charge is 0.347 e. The fourth-order valence-electron chi connectivity index (χ4n) is 1.79. The molecule has 22 heavy (non-hydrogen) atoms. The minimum absolute atomic E-state index is 0.0136. The Labute approximate surface area is 131 Å². The third kappa shape index (κ3) is 3.43. The predicted octanol–water partition coefficient (Wildman–Crippen LogP) is 0.333. The van der Waals surface area contributed by atoms with Crippen molar-refractivity contribution in [1.29, 1.82) is 0 Å². The van der Waals surface area contributed by atoms with E-state index >= 15 is 0 Å². The Morgan fingerprint density at radius 2 is 1.91 bits per heavy atom. The molecular formula is C13H15N3O4S2. The highest BCUT2D eigenvalue weighted by molar-refractivity contribution is 7.89. The van der Waals surface area contributed by atoms with Crippen molar-refractivity contribution in [3.05, 3.63) is 50.1 Å². The molecule has 0 aliphatic rings. The molecule has 118 valence electrons. The van der Waals surface area contributed by atoms with Crippen LogP contribution in [-0.2, 0) is 23.6 Å². The molecule has 1 aromatic heterocycles. The molecule has 2 aromatic rings. The number of hydrogen-bond donors (Lipinski definition) is 2. The number of thiazole rings is 1. The van der Waals surface area contributed by atoms with Crippen molar-refractivity contribution in [2.75, 3.05) is 0 Å². The zero-order valence-electron chi connectivity index (χ0n) is 12.0. The lowest BCUT2D eigenvalue weighted by Crippen LogP contribution is -2.23. The minimum Gasteiger partial charge on any atom is -0.347 e. The zero-order chi connectivity index (χ0) is 16.5. The Kier molecular flexibility index (Phi) is 4.50. The normalized spacial score (nSPS) is 11.4. The van der Waals surface area contributed by atoms with Gasteiger partial charge >= 0.3 is 4.87 Å². The molecular weight excluding hydrogens is 326 g/mol. The van der Waals surface area contributed by atoms with Gasteiger partial charge in [-0.05, 0) is 24.6 Å². The van der Waals surface area contributed by atoms with Crippen LogP contribution in [0.3, 0.4) is 0 Å². The Hall–Kier alpha value is -1.97. The standard InChI is InChI=1S/C13H15N3O4S2/c1-8-11(21-13(18)16(8)2)12(17)15-7-9-3-5-10(6-4-9)22(14,19)20/h3-6H,7H2,1-2H3,(H,15,17)(H2,14,19,20). The highest BCUT2D eigenvalue weighted by Gasteiger charge is 2.15. The summed E-state index contributed by atoms with van der Waals surface area (Å²) in [4.78, 5) is 23.8. The lowest BCUT2D eigenvalue weighted by atomic mass is 10.2. The van der Waals surface area contributed by atoms with Gasteiger partial charge in [-0.25, -0.2) is 13.6 Å². The fraction of sp³-hybridized carbons (Fsp3) is 0.231. The predicted molar refractivity (Wildman–Crippen MR) is 83.3 cm³/mol. The molecule has 0 saturated heterocycles. The molecule has 1 heterocycles. The second kappa shape index (κ2) is 6.03. The van der Waals surface area contributed by atoms with Crippen molar-refractivity contribution in [3.63, 3.8) is 0 Å². The van der Waals surface area contributed by atoms with Crippen molar-refractivity contribution in [3.8, 4) is 0 Å². The molecule has 0 fully saturated rings. The minimum atomic E-state index is -3.72. The molecule has 0 spiro atoms. The van der Waals surface area contributed by atoms with Gasteiger partial charge < -0.3 is 9.88 Å². The number of sulfonamides is 1. The Morgan fingerprint density at radius 1 is 1.32 bits per heavy atom. The molecule has 0 bridgehead atoms. The van der Waals surface area contributed by atoms with E-state index in [2.05, 4.69) is 5.32 Å². The number of aromatic nitrogens is 1. The van der Waals surface area contributed by atoms with Gasteiger partial charge in [0.05, 0.1) is 4.90 Å². The van der Waals surface area contributed by atoms with E-state index in [-0.39, 0.29) is 22.2 Å². The number of primary sulfonamides is 1. The third-order valence-corrected chi connectivity index (χ3v) is 5.27. The van der Waals surface area contributed by atoms with Crippen LogP contribution in [0.4, 0.5) is 0 Å². The number of amides is 1. The maximum Gasteiger partial charge on any atom is 0.307 e. The molecule has 1 amide bonds. The number of benzene rings is 1. The van der Waals surface area contributed by atoms with Gasteiger partial charge in [0, 0.05) is 19.3 Å². The number of rotatable bonds is 4. The van der Waals surface area contributed by atoms with Crippen molar-refractivity contribution in [1.82, 2.24) is 9.88 Å². The SMILES string of the molecule is Cc1c(C(=O)NCc2ccc(S(N)(=O)=O)cc2)sc(=O)n1C. The van der Waals surface area contributed by atoms with Gasteiger partial charge in [0.2, 0.25) is 10.0 Å². The topological polar surface area (TPSA) is 111 Å². The van der Waals surface area contributed by atoms with Crippen LogP contribution in [0, 0.1) is 6.92 Å². The average molecular weight is 341 g/mol. The smallest absolute Gasteiger partial charge is 0.307 e. The summed E-state index contributed by atoms with van der Waals surface area (Å²) in [5.74, 6) is -0.337. The molecule has 0 radical (unpaired) electrons. The Morgan fingerprint density at radius 3 is 2.36 bits per heavy atom. The van der Waals surface area contributed by atoms with Crippen LogP contribution < -0.4 is 15.3 Å². The van der Waals surface area contributed by atoms with Gasteiger partial charge in [0.15, 0.2) is 0 Å². The van der Waals surface area contributed by atoms with Gasteiger partial charge in [-0.2, -0.15) is 0 Å². The Bertz CT molecular complexity index is 864. The van der Waals surface area contributed by atoms with E-state index in [1.54, 1.807) is 26.1 Å². The summed E-state index contributed by atoms with van der Waals surface area (Å²) in [6, 6.07) is 5.90. The molecule has 9 heteroatoms. The number of nitrogens with one attached hydrogen (secondary N) is 1. The van der Waals surface area contributed by atoms with Gasteiger partial charge in [-0.1, -0.05) is 23.5 Å². The maximum atomic E-state index is 12.1. The lowest BCUT2D eigenvalue weighted by Gasteiger charge is -2.06. The van der Waals surface area contributed by atoms with Crippen molar-refractivity contribution >= 4 is 27.3 Å². The number of carbonyl (C=O) groups excluding carboxylic acids is 1. The fourth-order valence-corrected chi connectivity index (χ4v) is 3.20. The quantitative estimate of drug-likeness (QED) is 0.835. The number of carbonyl (C=O) groups is 1. The molecule has 0 aliphatic heterocycles. The number of hydrogen-bond acceptors (Lipinski definition) is 5.